The van der Waals surface area contributed by atoms with E-state index >= 15 is 0 Å². The van der Waals surface area contributed by atoms with E-state index in [9.17, 15) is 14.4 Å². The van der Waals surface area contributed by atoms with Crippen molar-refractivity contribution >= 4 is 62.5 Å². The third kappa shape index (κ3) is 7.02. The van der Waals surface area contributed by atoms with Crippen molar-refractivity contribution in [1.29, 1.82) is 0 Å². The normalized spacial score (nSPS) is 15.7. The maximum atomic E-state index is 12.3. The number of methoxy groups -OCH3 is 1. The van der Waals surface area contributed by atoms with Crippen LogP contribution in [0, 0.1) is 6.92 Å². The highest BCUT2D eigenvalue weighted by Crippen LogP contribution is 2.24. The van der Waals surface area contributed by atoms with Gasteiger partial charge in [0.25, 0.3) is 11.8 Å². The second kappa shape index (κ2) is 11.4. The van der Waals surface area contributed by atoms with Gasteiger partial charge in [-0.1, -0.05) is 34.1 Å². The number of thioether (sulfide) groups is 1. The zero-order valence-corrected chi connectivity index (χ0v) is 20.0. The van der Waals surface area contributed by atoms with Gasteiger partial charge < -0.3 is 14.8 Å². The van der Waals surface area contributed by atoms with Crippen molar-refractivity contribution in [2.75, 3.05) is 19.0 Å². The topological polar surface area (TPSA) is 118 Å². The minimum atomic E-state index is -0.639. The number of amidine groups is 1. The standard InChI is InChI=1S/C22H19BrN4O5S/c1-13-5-3-4-6-16(13)25-19(28)12-32-17-8-7-15(23)9-14(17)11-24-27-22-26-21(30)18(33-22)10-20(29)31-2/h3-11H,12H2,1-2H3,(H,25,28)(H,26,27,30)/b18-10+,24-11?. The Kier molecular flexibility index (Phi) is 8.39. The zero-order valence-electron chi connectivity index (χ0n) is 17.6. The van der Waals surface area contributed by atoms with Gasteiger partial charge in [-0.2, -0.15) is 5.10 Å². The van der Waals surface area contributed by atoms with E-state index in [1.807, 2.05) is 31.2 Å². The molecule has 0 aromatic heterocycles. The van der Waals surface area contributed by atoms with Gasteiger partial charge >= 0.3 is 5.97 Å². The SMILES string of the molecule is COC(=O)/C=C1/S/C(=N\N=Cc2cc(Br)ccc2OCC(=O)Nc2ccccc2C)NC1=O. The first-order valence-corrected chi connectivity index (χ1v) is 11.1. The van der Waals surface area contributed by atoms with Gasteiger partial charge in [0.15, 0.2) is 11.8 Å². The number of benzene rings is 2. The molecular formula is C22H19BrN4O5S. The molecule has 2 aromatic rings. The highest BCUT2D eigenvalue weighted by molar-refractivity contribution is 9.10. The van der Waals surface area contributed by atoms with Gasteiger partial charge in [-0.05, 0) is 48.5 Å². The average molecular weight is 531 g/mol. The van der Waals surface area contributed by atoms with Gasteiger partial charge in [0.2, 0.25) is 0 Å². The van der Waals surface area contributed by atoms with Gasteiger partial charge in [0.1, 0.15) is 5.75 Å². The second-order valence-corrected chi connectivity index (χ2v) is 8.52. The predicted octanol–water partition coefficient (Wildman–Crippen LogP) is 3.38. The molecule has 1 aliphatic heterocycles. The van der Waals surface area contributed by atoms with Crippen LogP contribution in [0.5, 0.6) is 5.75 Å². The molecular weight excluding hydrogens is 512 g/mol. The van der Waals surface area contributed by atoms with Crippen LogP contribution in [0.4, 0.5) is 5.69 Å². The predicted molar refractivity (Wildman–Crippen MR) is 130 cm³/mol. The maximum absolute atomic E-state index is 12.3. The second-order valence-electron chi connectivity index (χ2n) is 6.57. The van der Waals surface area contributed by atoms with Crippen molar-refractivity contribution in [3.63, 3.8) is 0 Å². The fourth-order valence-corrected chi connectivity index (χ4v) is 3.70. The van der Waals surface area contributed by atoms with Crippen LogP contribution in [0.3, 0.4) is 0 Å². The van der Waals surface area contributed by atoms with Gasteiger partial charge in [0, 0.05) is 21.8 Å². The lowest BCUT2D eigenvalue weighted by molar-refractivity contribution is -0.135. The molecule has 2 amide bonds. The Labute approximate surface area is 202 Å². The van der Waals surface area contributed by atoms with Crippen molar-refractivity contribution in [2.45, 2.75) is 6.92 Å². The first kappa shape index (κ1) is 24.2. The number of nitrogens with zero attached hydrogens (tertiary/aromatic N) is 2. The van der Waals surface area contributed by atoms with E-state index in [2.05, 4.69) is 41.5 Å². The van der Waals surface area contributed by atoms with E-state index in [0.717, 1.165) is 33.6 Å². The van der Waals surface area contributed by atoms with Crippen molar-refractivity contribution in [3.05, 3.63) is 69.0 Å². The summed E-state index contributed by atoms with van der Waals surface area (Å²) in [7, 11) is 1.22. The van der Waals surface area contributed by atoms with Crippen LogP contribution in [-0.4, -0.2) is 42.9 Å². The molecule has 1 saturated heterocycles. The lowest BCUT2D eigenvalue weighted by atomic mass is 10.2. The fourth-order valence-electron chi connectivity index (χ4n) is 2.58. The minimum Gasteiger partial charge on any atom is -0.483 e. The molecule has 33 heavy (non-hydrogen) atoms. The van der Waals surface area contributed by atoms with E-state index in [-0.39, 0.29) is 22.6 Å². The minimum absolute atomic E-state index is 0.155. The molecule has 3 rings (SSSR count). The monoisotopic (exact) mass is 530 g/mol. The van der Waals surface area contributed by atoms with E-state index < -0.39 is 11.9 Å². The number of hydrogen-bond donors (Lipinski definition) is 2. The van der Waals surface area contributed by atoms with Gasteiger partial charge in [-0.3, -0.25) is 14.9 Å². The lowest BCUT2D eigenvalue weighted by Crippen LogP contribution is -2.21. The van der Waals surface area contributed by atoms with Crippen molar-refractivity contribution in [2.24, 2.45) is 10.2 Å². The molecule has 1 fully saturated rings. The Bertz CT molecular complexity index is 1180. The number of aryl methyl sites for hydroxylation is 1. The molecule has 2 aromatic carbocycles. The number of carbonyl (C=O) groups excluding carboxylic acids is 3. The summed E-state index contributed by atoms with van der Waals surface area (Å²) in [6.45, 7) is 1.71. The largest absolute Gasteiger partial charge is 0.483 e. The van der Waals surface area contributed by atoms with E-state index in [0.29, 0.717) is 11.3 Å². The van der Waals surface area contributed by atoms with Crippen LogP contribution < -0.4 is 15.4 Å². The highest BCUT2D eigenvalue weighted by atomic mass is 79.9. The summed E-state index contributed by atoms with van der Waals surface area (Å²) in [5, 5.41) is 13.5. The van der Waals surface area contributed by atoms with E-state index in [4.69, 9.17) is 4.74 Å². The molecule has 1 heterocycles. The molecule has 2 N–H and O–H groups in total. The molecule has 0 atom stereocenters. The molecule has 0 spiro atoms. The smallest absolute Gasteiger partial charge is 0.331 e. The molecule has 170 valence electrons. The van der Waals surface area contributed by atoms with Crippen LogP contribution in [0.2, 0.25) is 0 Å². The van der Waals surface area contributed by atoms with Crippen LogP contribution in [0.15, 0.2) is 68.1 Å². The number of esters is 1. The van der Waals surface area contributed by atoms with E-state index in [1.54, 1.807) is 18.2 Å². The molecule has 0 bridgehead atoms. The third-order valence-electron chi connectivity index (χ3n) is 4.20. The van der Waals surface area contributed by atoms with Gasteiger partial charge in [-0.15, -0.1) is 5.10 Å². The Hall–Kier alpha value is -3.44. The first-order chi connectivity index (χ1) is 15.9. The van der Waals surface area contributed by atoms with Crippen LogP contribution in [0.25, 0.3) is 0 Å². The molecule has 0 aliphatic carbocycles. The van der Waals surface area contributed by atoms with Crippen molar-refractivity contribution < 1.29 is 23.9 Å². The van der Waals surface area contributed by atoms with Gasteiger partial charge in [0.05, 0.1) is 18.2 Å². The van der Waals surface area contributed by atoms with Crippen molar-refractivity contribution in [1.82, 2.24) is 5.32 Å². The van der Waals surface area contributed by atoms with Crippen molar-refractivity contribution in [3.8, 4) is 5.75 Å². The number of anilines is 1. The number of hydrogen-bond acceptors (Lipinski definition) is 8. The van der Waals surface area contributed by atoms with Gasteiger partial charge in [-0.25, -0.2) is 4.79 Å². The molecule has 9 nitrogen and oxygen atoms in total. The summed E-state index contributed by atoms with van der Waals surface area (Å²) in [6.07, 6.45) is 2.51. The van der Waals surface area contributed by atoms with Crippen LogP contribution >= 0.6 is 27.7 Å². The Morgan fingerprint density at radius 2 is 2.03 bits per heavy atom. The lowest BCUT2D eigenvalue weighted by Gasteiger charge is -2.11. The molecule has 0 radical (unpaired) electrons. The summed E-state index contributed by atoms with van der Waals surface area (Å²) in [5.41, 5.74) is 2.23. The summed E-state index contributed by atoms with van der Waals surface area (Å²) >= 11 is 4.35. The Balaban J connectivity index is 1.66. The molecule has 11 heteroatoms. The quantitative estimate of drug-likeness (QED) is 0.245. The van der Waals surface area contributed by atoms with Crippen LogP contribution in [-0.2, 0) is 19.1 Å². The van der Waals surface area contributed by atoms with Crippen LogP contribution in [0.1, 0.15) is 11.1 Å². The summed E-state index contributed by atoms with van der Waals surface area (Å²) in [6, 6.07) is 12.7. The fraction of sp³-hybridized carbons (Fsp3) is 0.136. The summed E-state index contributed by atoms with van der Waals surface area (Å²) in [5.74, 6) is -0.980. The Morgan fingerprint density at radius 3 is 2.79 bits per heavy atom. The molecule has 0 unspecified atom stereocenters. The third-order valence-corrected chi connectivity index (χ3v) is 5.59. The number of nitrogens with one attached hydrogen (secondary N) is 2. The number of halogens is 1. The molecule has 0 saturated carbocycles. The number of ether oxygens (including phenoxy) is 2. The summed E-state index contributed by atoms with van der Waals surface area (Å²) in [4.78, 5) is 35.6. The zero-order chi connectivity index (χ0) is 23.8. The maximum Gasteiger partial charge on any atom is 0.331 e. The number of para-hydroxylation sites is 1. The summed E-state index contributed by atoms with van der Waals surface area (Å²) < 4.78 is 11.0. The number of carbonyl (C=O) groups is 3. The Morgan fingerprint density at radius 1 is 1.24 bits per heavy atom. The molecule has 1 aliphatic rings. The number of rotatable bonds is 7. The highest BCUT2D eigenvalue weighted by Gasteiger charge is 2.25. The first-order valence-electron chi connectivity index (χ1n) is 9.53. The average Bonchev–Trinajstić information content (AvgIpc) is 3.13. The number of amides is 2. The van der Waals surface area contributed by atoms with E-state index in [1.165, 1.54) is 13.3 Å².